The molecule has 2 aromatic rings. The van der Waals surface area contributed by atoms with Gasteiger partial charge >= 0.3 is 6.09 Å². The fourth-order valence-corrected chi connectivity index (χ4v) is 7.23. The Kier molecular flexibility index (Phi) is 11.9. The predicted molar refractivity (Wildman–Crippen MR) is 177 cm³/mol. The van der Waals surface area contributed by atoms with Crippen LogP contribution in [0.3, 0.4) is 0 Å². The maximum Gasteiger partial charge on any atom is 0.407 e. The summed E-state index contributed by atoms with van der Waals surface area (Å²) in [5.74, 6) is 0.723. The number of nitrogens with zero attached hydrogens (tertiary/aromatic N) is 2. The molecule has 1 unspecified atom stereocenters. The lowest BCUT2D eigenvalue weighted by Crippen LogP contribution is -2.53. The molecule has 8 nitrogen and oxygen atoms in total. The summed E-state index contributed by atoms with van der Waals surface area (Å²) in [7, 11) is 0. The topological polar surface area (TPSA) is 91.0 Å². The van der Waals surface area contributed by atoms with Crippen molar-refractivity contribution in [2.75, 3.05) is 18.8 Å². The Labute approximate surface area is 275 Å². The fourth-order valence-electron chi connectivity index (χ4n) is 5.82. The number of amides is 3. The molecule has 0 bridgehead atoms. The summed E-state index contributed by atoms with van der Waals surface area (Å²) in [5, 5.41) is 6.91. The van der Waals surface area contributed by atoms with Gasteiger partial charge in [0.25, 0.3) is 0 Å². The van der Waals surface area contributed by atoms with Gasteiger partial charge in [-0.3, -0.25) is 14.5 Å². The van der Waals surface area contributed by atoms with Crippen molar-refractivity contribution < 1.29 is 19.1 Å². The van der Waals surface area contributed by atoms with Gasteiger partial charge in [0.15, 0.2) is 0 Å². The molecule has 44 heavy (non-hydrogen) atoms. The number of benzene rings is 2. The molecule has 2 aliphatic rings. The van der Waals surface area contributed by atoms with E-state index in [4.69, 9.17) is 27.9 Å². The van der Waals surface area contributed by atoms with Gasteiger partial charge < -0.3 is 20.3 Å². The summed E-state index contributed by atoms with van der Waals surface area (Å²) < 4.78 is 5.51. The Bertz CT molecular complexity index is 1310. The third-order valence-corrected chi connectivity index (χ3v) is 9.71. The fraction of sp³-hybridized carbons (Fsp3) is 0.545. The molecule has 0 radical (unpaired) electrons. The lowest BCUT2D eigenvalue weighted by Gasteiger charge is -2.33. The Morgan fingerprint density at radius 1 is 1.09 bits per heavy atom. The van der Waals surface area contributed by atoms with Gasteiger partial charge in [-0.2, -0.15) is 0 Å². The first kappa shape index (κ1) is 34.4. The zero-order valence-electron chi connectivity index (χ0n) is 26.1. The smallest absolute Gasteiger partial charge is 0.407 e. The van der Waals surface area contributed by atoms with Crippen molar-refractivity contribution >= 4 is 52.9 Å². The number of rotatable bonds is 10. The van der Waals surface area contributed by atoms with Crippen LogP contribution in [0.1, 0.15) is 59.4 Å². The van der Waals surface area contributed by atoms with E-state index in [9.17, 15) is 14.4 Å². The molecule has 2 aliphatic heterocycles. The van der Waals surface area contributed by atoms with Gasteiger partial charge in [-0.05, 0) is 75.8 Å². The van der Waals surface area contributed by atoms with Gasteiger partial charge in [-0.15, -0.1) is 11.8 Å². The zero-order valence-corrected chi connectivity index (χ0v) is 28.5. The summed E-state index contributed by atoms with van der Waals surface area (Å²) in [4.78, 5) is 45.9. The Hall–Kier alpha value is -2.46. The third kappa shape index (κ3) is 9.52. The van der Waals surface area contributed by atoms with E-state index in [1.54, 1.807) is 28.8 Å². The van der Waals surface area contributed by atoms with Crippen molar-refractivity contribution in [3.05, 3.63) is 64.1 Å². The van der Waals surface area contributed by atoms with Gasteiger partial charge in [0.1, 0.15) is 11.6 Å². The highest BCUT2D eigenvalue weighted by Gasteiger charge is 2.47. The van der Waals surface area contributed by atoms with E-state index in [2.05, 4.69) is 41.5 Å². The molecule has 2 N–H and O–H groups in total. The molecular weight excluding hydrogens is 619 g/mol. The summed E-state index contributed by atoms with van der Waals surface area (Å²) >= 11 is 14.0. The van der Waals surface area contributed by atoms with Crippen LogP contribution in [0.4, 0.5) is 4.79 Å². The van der Waals surface area contributed by atoms with Gasteiger partial charge in [-0.25, -0.2) is 4.79 Å². The van der Waals surface area contributed by atoms with Crippen LogP contribution in [-0.2, 0) is 20.9 Å². The third-order valence-electron chi connectivity index (χ3n) is 7.81. The van der Waals surface area contributed by atoms with Gasteiger partial charge in [0.05, 0.1) is 16.1 Å². The zero-order chi connectivity index (χ0) is 32.0. The molecule has 0 aromatic heterocycles. The van der Waals surface area contributed by atoms with Crippen molar-refractivity contribution in [3.63, 3.8) is 0 Å². The van der Waals surface area contributed by atoms with Crippen LogP contribution in [0.5, 0.6) is 0 Å². The van der Waals surface area contributed by atoms with Crippen LogP contribution in [0, 0.1) is 5.92 Å². The quantitative estimate of drug-likeness (QED) is 0.287. The van der Waals surface area contributed by atoms with Crippen molar-refractivity contribution in [2.24, 2.45) is 5.92 Å². The molecule has 11 heteroatoms. The van der Waals surface area contributed by atoms with E-state index in [1.165, 1.54) is 4.90 Å². The lowest BCUT2D eigenvalue weighted by molar-refractivity contribution is -0.143. The maximum atomic E-state index is 14.3. The number of hydrogen-bond acceptors (Lipinski definition) is 6. The highest BCUT2D eigenvalue weighted by molar-refractivity contribution is 7.99. The highest BCUT2D eigenvalue weighted by atomic mass is 35.5. The first-order valence-corrected chi connectivity index (χ1v) is 17.0. The van der Waals surface area contributed by atoms with Gasteiger partial charge in [0, 0.05) is 42.4 Å². The second kappa shape index (κ2) is 15.2. The van der Waals surface area contributed by atoms with E-state index < -0.39 is 23.8 Å². The number of hydrogen-bond donors (Lipinski definition) is 2. The molecule has 0 spiro atoms. The van der Waals surface area contributed by atoms with E-state index in [0.29, 0.717) is 36.0 Å². The Balaban J connectivity index is 1.54. The molecule has 0 saturated carbocycles. The predicted octanol–water partition coefficient (Wildman–Crippen LogP) is 6.39. The van der Waals surface area contributed by atoms with E-state index in [0.717, 1.165) is 17.7 Å². The van der Waals surface area contributed by atoms with Crippen molar-refractivity contribution in [1.29, 1.82) is 0 Å². The summed E-state index contributed by atoms with van der Waals surface area (Å²) in [5.41, 5.74) is 0.206. The second-order valence-electron chi connectivity index (χ2n) is 13.0. The first-order valence-electron chi connectivity index (χ1n) is 15.3. The normalized spacial score (nSPS) is 21.5. The minimum Gasteiger partial charge on any atom is -0.444 e. The monoisotopic (exact) mass is 662 g/mol. The van der Waals surface area contributed by atoms with Crippen LogP contribution in [0.25, 0.3) is 0 Å². The Morgan fingerprint density at radius 3 is 2.48 bits per heavy atom. The molecule has 2 fully saturated rings. The number of nitrogens with one attached hydrogen (secondary N) is 2. The molecule has 3 amide bonds. The SMILES string of the molecule is CC(C)C[C@H](C(=O)NCc1ccc(Cl)c(Cl)c1)N1CCC(CSc2ccccc2)N2C[C@H](NC(=O)OC(C)(C)C)C[C@H]2C1=O. The molecule has 2 heterocycles. The van der Waals surface area contributed by atoms with E-state index in [1.807, 2.05) is 45.0 Å². The molecule has 240 valence electrons. The maximum absolute atomic E-state index is 14.3. The van der Waals surface area contributed by atoms with E-state index in [-0.39, 0.29) is 36.4 Å². The number of carbonyl (C=O) groups is 3. The number of carbonyl (C=O) groups excluding carboxylic acids is 3. The largest absolute Gasteiger partial charge is 0.444 e. The van der Waals surface area contributed by atoms with E-state index >= 15 is 0 Å². The van der Waals surface area contributed by atoms with Crippen molar-refractivity contribution in [3.8, 4) is 0 Å². The van der Waals surface area contributed by atoms with Crippen LogP contribution >= 0.6 is 35.0 Å². The summed E-state index contributed by atoms with van der Waals surface area (Å²) in [6.45, 7) is 10.9. The van der Waals surface area contributed by atoms with Crippen LogP contribution in [0.15, 0.2) is 53.4 Å². The number of halogens is 2. The van der Waals surface area contributed by atoms with Gasteiger partial charge in [0.2, 0.25) is 11.8 Å². The minimum atomic E-state index is -0.622. The number of fused-ring (bicyclic) bond motifs is 1. The number of alkyl carbamates (subject to hydrolysis) is 1. The lowest BCUT2D eigenvalue weighted by atomic mass is 10.00. The highest BCUT2D eigenvalue weighted by Crippen LogP contribution is 2.32. The van der Waals surface area contributed by atoms with Crippen LogP contribution in [0.2, 0.25) is 10.0 Å². The van der Waals surface area contributed by atoms with Crippen LogP contribution < -0.4 is 10.6 Å². The molecule has 0 aliphatic carbocycles. The number of ether oxygens (including phenoxy) is 1. The molecule has 4 atom stereocenters. The van der Waals surface area contributed by atoms with Gasteiger partial charge in [-0.1, -0.05) is 61.3 Å². The summed E-state index contributed by atoms with van der Waals surface area (Å²) in [6, 6.07) is 14.3. The first-order chi connectivity index (χ1) is 20.8. The summed E-state index contributed by atoms with van der Waals surface area (Å²) in [6.07, 6.45) is 1.23. The average molecular weight is 664 g/mol. The van der Waals surface area contributed by atoms with Crippen molar-refractivity contribution in [1.82, 2.24) is 20.4 Å². The molecule has 2 saturated heterocycles. The number of thioether (sulfide) groups is 1. The standard InChI is InChI=1S/C33H44Cl2N4O4S/c1-21(2)15-28(30(40)36-18-22-11-12-26(34)27(35)16-22)38-14-13-24(20-44-25-9-7-6-8-10-25)39-19-23(17-29(39)31(38)41)37-32(42)43-33(3,4)5/h6-12,16,21,23-24,28-29H,13-15,17-20H2,1-5H3,(H,36,40)(H,37,42)/t23-,24?,28-,29+/m1/s1. The molecule has 4 rings (SSSR count). The van der Waals surface area contributed by atoms with Crippen molar-refractivity contribution in [2.45, 2.75) is 95.1 Å². The second-order valence-corrected chi connectivity index (χ2v) is 14.9. The average Bonchev–Trinajstić information content (AvgIpc) is 3.31. The minimum absolute atomic E-state index is 0.0685. The van der Waals surface area contributed by atoms with Crippen LogP contribution in [-0.4, -0.2) is 76.3 Å². The Morgan fingerprint density at radius 2 is 1.82 bits per heavy atom. The molecular formula is C33H44Cl2N4O4S. The molecule has 2 aromatic carbocycles.